The van der Waals surface area contributed by atoms with Crippen LogP contribution < -0.4 is 19.1 Å². The van der Waals surface area contributed by atoms with Crippen LogP contribution in [0.1, 0.15) is 31.0 Å². The molecule has 0 spiro atoms. The lowest BCUT2D eigenvalue weighted by molar-refractivity contribution is -0.132. The third kappa shape index (κ3) is 5.27. The van der Waals surface area contributed by atoms with E-state index in [0.29, 0.717) is 41.0 Å². The molecule has 0 bridgehead atoms. The molecule has 1 aliphatic heterocycles. The lowest BCUT2D eigenvalue weighted by atomic mass is 9.95. The van der Waals surface area contributed by atoms with Gasteiger partial charge < -0.3 is 19.3 Å². The third-order valence-electron chi connectivity index (χ3n) is 5.98. The van der Waals surface area contributed by atoms with Crippen molar-refractivity contribution in [2.45, 2.75) is 19.9 Å². The monoisotopic (exact) mass is 521 g/mol. The molecule has 37 heavy (non-hydrogen) atoms. The fourth-order valence-electron chi connectivity index (χ4n) is 4.15. The second-order valence-electron chi connectivity index (χ2n) is 8.99. The number of ether oxygens (including phenoxy) is 3. The number of methoxy groups -OCH3 is 2. The topological polar surface area (TPSA) is 85.3 Å². The van der Waals surface area contributed by atoms with E-state index in [1.165, 1.54) is 25.2 Å². The molecule has 1 aliphatic rings. The summed E-state index contributed by atoms with van der Waals surface area (Å²) in [6.07, 6.45) is 0. The molecule has 1 amide bonds. The first kappa shape index (κ1) is 26.1. The summed E-state index contributed by atoms with van der Waals surface area (Å²) in [6, 6.07) is 17.7. The highest BCUT2D eigenvalue weighted by atomic mass is 35.5. The van der Waals surface area contributed by atoms with Crippen molar-refractivity contribution in [2.24, 2.45) is 5.92 Å². The first-order chi connectivity index (χ1) is 17.7. The largest absolute Gasteiger partial charge is 0.507 e. The maximum atomic E-state index is 13.4. The van der Waals surface area contributed by atoms with Crippen LogP contribution in [0.25, 0.3) is 5.76 Å². The van der Waals surface area contributed by atoms with Gasteiger partial charge in [-0.2, -0.15) is 0 Å². The molecule has 192 valence electrons. The van der Waals surface area contributed by atoms with Gasteiger partial charge in [-0.1, -0.05) is 37.6 Å². The minimum atomic E-state index is -0.931. The Labute approximate surface area is 220 Å². The second kappa shape index (κ2) is 11.0. The van der Waals surface area contributed by atoms with Crippen LogP contribution in [-0.2, 0) is 9.59 Å². The van der Waals surface area contributed by atoms with Gasteiger partial charge in [0.15, 0.2) is 0 Å². The van der Waals surface area contributed by atoms with E-state index in [9.17, 15) is 14.7 Å². The molecule has 1 saturated heterocycles. The van der Waals surface area contributed by atoms with Crippen molar-refractivity contribution in [2.75, 3.05) is 25.7 Å². The molecular weight excluding hydrogens is 494 g/mol. The maximum absolute atomic E-state index is 13.4. The van der Waals surface area contributed by atoms with Gasteiger partial charge in [-0.25, -0.2) is 0 Å². The van der Waals surface area contributed by atoms with Gasteiger partial charge in [0.25, 0.3) is 11.7 Å². The van der Waals surface area contributed by atoms with Crippen LogP contribution in [0.15, 0.2) is 72.3 Å². The smallest absolute Gasteiger partial charge is 0.300 e. The molecule has 0 aliphatic carbocycles. The van der Waals surface area contributed by atoms with Gasteiger partial charge in [-0.05, 0) is 66.1 Å². The normalized spacial score (nSPS) is 16.8. The molecular formula is C29H28ClNO6. The number of rotatable bonds is 8. The Morgan fingerprint density at radius 3 is 2.24 bits per heavy atom. The Morgan fingerprint density at radius 2 is 1.59 bits per heavy atom. The Balaban J connectivity index is 1.87. The average Bonchev–Trinajstić information content (AvgIpc) is 3.17. The third-order valence-corrected chi connectivity index (χ3v) is 6.31. The van der Waals surface area contributed by atoms with Crippen LogP contribution in [0.5, 0.6) is 17.2 Å². The molecule has 3 aromatic rings. The predicted molar refractivity (Wildman–Crippen MR) is 143 cm³/mol. The van der Waals surface area contributed by atoms with Crippen molar-refractivity contribution in [3.05, 3.63) is 88.5 Å². The fraction of sp³-hybridized carbons (Fsp3) is 0.241. The van der Waals surface area contributed by atoms with Crippen LogP contribution in [0.2, 0.25) is 5.02 Å². The van der Waals surface area contributed by atoms with E-state index in [-0.39, 0.29) is 16.2 Å². The first-order valence-electron chi connectivity index (χ1n) is 11.8. The van der Waals surface area contributed by atoms with Gasteiger partial charge in [-0.3, -0.25) is 14.5 Å². The number of hydrogen-bond donors (Lipinski definition) is 1. The summed E-state index contributed by atoms with van der Waals surface area (Å²) in [4.78, 5) is 28.2. The number of Topliss-reactive ketones (excluding diaryl/α,β-unsaturated/α-hetero) is 1. The van der Waals surface area contributed by atoms with Gasteiger partial charge in [0, 0.05) is 11.3 Å². The Bertz CT molecular complexity index is 1350. The molecule has 0 aromatic heterocycles. The van der Waals surface area contributed by atoms with E-state index in [4.69, 9.17) is 25.8 Å². The van der Waals surface area contributed by atoms with Crippen LogP contribution in [0.3, 0.4) is 0 Å². The molecule has 7 nitrogen and oxygen atoms in total. The number of halogens is 1. The predicted octanol–water partition coefficient (Wildman–Crippen LogP) is 6.02. The van der Waals surface area contributed by atoms with E-state index >= 15 is 0 Å². The summed E-state index contributed by atoms with van der Waals surface area (Å²) in [6.45, 7) is 4.65. The average molecular weight is 522 g/mol. The number of amides is 1. The maximum Gasteiger partial charge on any atom is 0.300 e. The van der Waals surface area contributed by atoms with Gasteiger partial charge in [0.2, 0.25) is 0 Å². The van der Waals surface area contributed by atoms with Crippen LogP contribution in [0, 0.1) is 5.92 Å². The highest BCUT2D eigenvalue weighted by Crippen LogP contribution is 2.44. The first-order valence-corrected chi connectivity index (χ1v) is 12.1. The molecule has 1 N–H and O–H groups in total. The highest BCUT2D eigenvalue weighted by molar-refractivity contribution is 6.52. The fourth-order valence-corrected chi connectivity index (χ4v) is 4.36. The van der Waals surface area contributed by atoms with E-state index in [1.54, 1.807) is 60.7 Å². The second-order valence-corrected chi connectivity index (χ2v) is 9.40. The van der Waals surface area contributed by atoms with Crippen molar-refractivity contribution >= 4 is 34.7 Å². The van der Waals surface area contributed by atoms with Gasteiger partial charge in [0.05, 0.1) is 37.5 Å². The molecule has 1 heterocycles. The molecule has 1 atom stereocenters. The Morgan fingerprint density at radius 1 is 0.946 bits per heavy atom. The number of anilines is 1. The van der Waals surface area contributed by atoms with Crippen molar-refractivity contribution in [3.63, 3.8) is 0 Å². The number of nitrogens with zero attached hydrogens (tertiary/aromatic N) is 1. The molecule has 4 rings (SSSR count). The minimum absolute atomic E-state index is 0.0893. The molecule has 8 heteroatoms. The Hall–Kier alpha value is -3.97. The van der Waals surface area contributed by atoms with Gasteiger partial charge in [-0.15, -0.1) is 0 Å². The lowest BCUT2D eigenvalue weighted by Gasteiger charge is -2.26. The summed E-state index contributed by atoms with van der Waals surface area (Å²) in [7, 11) is 3.01. The lowest BCUT2D eigenvalue weighted by Crippen LogP contribution is -2.29. The summed E-state index contributed by atoms with van der Waals surface area (Å²) < 4.78 is 16.4. The van der Waals surface area contributed by atoms with Crippen LogP contribution in [-0.4, -0.2) is 37.6 Å². The zero-order valence-corrected chi connectivity index (χ0v) is 21.8. The standard InChI is InChI=1S/C29H28ClNO6/c1-17(2)16-37-20-10-8-19(9-11-20)31-26(18-6-5-7-21(14-18)35-3)25(28(33)29(31)34)27(32)23-15-22(36-4)12-13-24(23)30/h5-15,17,26,32H,16H2,1-4H3/b27-25+. The summed E-state index contributed by atoms with van der Waals surface area (Å²) in [5, 5.41) is 11.6. The molecule has 0 radical (unpaired) electrons. The SMILES string of the molecule is COc1cccc(C2/C(=C(\O)c3cc(OC)ccc3Cl)C(=O)C(=O)N2c2ccc(OCC(C)C)cc2)c1. The van der Waals surface area contributed by atoms with Crippen molar-refractivity contribution in [1.29, 1.82) is 0 Å². The van der Waals surface area contributed by atoms with E-state index in [0.717, 1.165) is 0 Å². The van der Waals surface area contributed by atoms with E-state index < -0.39 is 23.5 Å². The summed E-state index contributed by atoms with van der Waals surface area (Å²) in [5.41, 5.74) is 1.15. The molecule has 3 aromatic carbocycles. The van der Waals surface area contributed by atoms with Gasteiger partial charge >= 0.3 is 0 Å². The van der Waals surface area contributed by atoms with Crippen molar-refractivity contribution in [1.82, 2.24) is 0 Å². The molecule has 0 saturated carbocycles. The molecule has 1 fully saturated rings. The Kier molecular flexibility index (Phi) is 7.74. The molecule has 1 unspecified atom stereocenters. The van der Waals surface area contributed by atoms with Crippen molar-refractivity contribution in [3.8, 4) is 17.2 Å². The van der Waals surface area contributed by atoms with Crippen LogP contribution >= 0.6 is 11.6 Å². The number of hydrogen-bond acceptors (Lipinski definition) is 6. The van der Waals surface area contributed by atoms with E-state index in [1.807, 2.05) is 0 Å². The van der Waals surface area contributed by atoms with Crippen LogP contribution in [0.4, 0.5) is 5.69 Å². The number of benzene rings is 3. The highest BCUT2D eigenvalue weighted by Gasteiger charge is 2.47. The number of ketones is 1. The van der Waals surface area contributed by atoms with Gasteiger partial charge in [0.1, 0.15) is 23.0 Å². The number of aliphatic hydroxyl groups excluding tert-OH is 1. The zero-order valence-electron chi connectivity index (χ0n) is 21.0. The minimum Gasteiger partial charge on any atom is -0.507 e. The number of carbonyl (C=O) groups is 2. The quantitative estimate of drug-likeness (QED) is 0.222. The summed E-state index contributed by atoms with van der Waals surface area (Å²) >= 11 is 6.38. The zero-order chi connectivity index (χ0) is 26.7. The number of aliphatic hydroxyl groups is 1. The number of carbonyl (C=O) groups excluding carboxylic acids is 2. The van der Waals surface area contributed by atoms with Crippen molar-refractivity contribution < 1.29 is 28.9 Å². The summed E-state index contributed by atoms with van der Waals surface area (Å²) in [5.74, 6) is -0.0119. The van der Waals surface area contributed by atoms with E-state index in [2.05, 4.69) is 13.8 Å².